The van der Waals surface area contributed by atoms with Crippen LogP contribution >= 0.6 is 0 Å². The molecule has 0 atom stereocenters. The molecule has 1 spiro atoms. The molecule has 1 fully saturated rings. The zero-order valence-corrected chi connectivity index (χ0v) is 16.9. The van der Waals surface area contributed by atoms with Crippen molar-refractivity contribution in [1.29, 1.82) is 0 Å². The summed E-state index contributed by atoms with van der Waals surface area (Å²) in [6, 6.07) is 3.72. The molecule has 3 aromatic heterocycles. The van der Waals surface area contributed by atoms with Gasteiger partial charge in [0.2, 0.25) is 0 Å². The normalized spacial score (nSPS) is 17.8. The Hall–Kier alpha value is -3.03. The van der Waals surface area contributed by atoms with Crippen molar-refractivity contribution in [2.75, 3.05) is 13.1 Å². The van der Waals surface area contributed by atoms with Crippen LogP contribution < -0.4 is 5.56 Å². The number of hydrogen-bond donors (Lipinski definition) is 1. The molecule has 4 heterocycles. The van der Waals surface area contributed by atoms with Gasteiger partial charge in [-0.3, -0.25) is 9.59 Å². The topological polar surface area (TPSA) is 96.3 Å². The Morgan fingerprint density at radius 2 is 1.86 bits per heavy atom. The number of piperidine rings is 1. The number of H-pyrrole nitrogens is 1. The second-order valence-electron chi connectivity index (χ2n) is 8.39. The van der Waals surface area contributed by atoms with Crippen molar-refractivity contribution in [3.63, 3.8) is 0 Å². The first-order chi connectivity index (χ1) is 13.9. The van der Waals surface area contributed by atoms with Gasteiger partial charge in [-0.15, -0.1) is 0 Å². The van der Waals surface area contributed by atoms with Gasteiger partial charge in [0, 0.05) is 41.5 Å². The zero-order chi connectivity index (χ0) is 20.3. The predicted molar refractivity (Wildman–Crippen MR) is 107 cm³/mol. The molecule has 0 saturated carbocycles. The van der Waals surface area contributed by atoms with Crippen molar-refractivity contribution in [2.45, 2.75) is 51.9 Å². The number of nitrogens with one attached hydrogen (secondary N) is 1. The Bertz CT molecular complexity index is 1200. The summed E-state index contributed by atoms with van der Waals surface area (Å²) < 4.78 is 1.72. The Labute approximate surface area is 168 Å². The number of aryl methyl sites for hydroxylation is 3. The molecule has 29 heavy (non-hydrogen) atoms. The van der Waals surface area contributed by atoms with Crippen LogP contribution in [0.4, 0.5) is 0 Å². The minimum absolute atomic E-state index is 0.00857. The van der Waals surface area contributed by atoms with Gasteiger partial charge in [0.1, 0.15) is 5.82 Å². The van der Waals surface area contributed by atoms with E-state index in [0.717, 1.165) is 48.3 Å². The third kappa shape index (κ3) is 2.77. The lowest BCUT2D eigenvalue weighted by atomic mass is 9.76. The quantitative estimate of drug-likeness (QED) is 0.682. The molecule has 3 aromatic rings. The number of rotatable bonds is 1. The van der Waals surface area contributed by atoms with Gasteiger partial charge in [-0.2, -0.15) is 5.10 Å². The molecule has 1 aliphatic carbocycles. The average molecular weight is 392 g/mol. The molecular formula is C21H24N6O2. The van der Waals surface area contributed by atoms with E-state index in [9.17, 15) is 9.59 Å². The molecule has 0 radical (unpaired) electrons. The highest BCUT2D eigenvalue weighted by Crippen LogP contribution is 2.44. The highest BCUT2D eigenvalue weighted by molar-refractivity contribution is 5.93. The maximum atomic E-state index is 13.1. The first kappa shape index (κ1) is 18.0. The monoisotopic (exact) mass is 392 g/mol. The average Bonchev–Trinajstić information content (AvgIpc) is 3.25. The Morgan fingerprint density at radius 3 is 2.62 bits per heavy atom. The van der Waals surface area contributed by atoms with Crippen molar-refractivity contribution >= 4 is 11.6 Å². The first-order valence-corrected chi connectivity index (χ1v) is 10.1. The van der Waals surface area contributed by atoms with E-state index in [-0.39, 0.29) is 16.9 Å². The maximum Gasteiger partial charge on any atom is 0.274 e. The third-order valence-corrected chi connectivity index (χ3v) is 6.45. The van der Waals surface area contributed by atoms with Crippen LogP contribution in [-0.2, 0) is 11.8 Å². The summed E-state index contributed by atoms with van der Waals surface area (Å²) >= 11 is 0. The summed E-state index contributed by atoms with van der Waals surface area (Å²) in [4.78, 5) is 39.2. The van der Waals surface area contributed by atoms with Gasteiger partial charge in [-0.1, -0.05) is 0 Å². The molecule has 8 heteroatoms. The fourth-order valence-electron chi connectivity index (χ4n) is 4.94. The summed E-state index contributed by atoms with van der Waals surface area (Å²) in [5, 5.41) is 4.48. The lowest BCUT2D eigenvalue weighted by Crippen LogP contribution is -2.45. The van der Waals surface area contributed by atoms with E-state index < -0.39 is 0 Å². The fraction of sp³-hybridized carbons (Fsp3) is 0.476. The van der Waals surface area contributed by atoms with Crippen LogP contribution in [0, 0.1) is 20.8 Å². The van der Waals surface area contributed by atoms with E-state index in [4.69, 9.17) is 0 Å². The second-order valence-corrected chi connectivity index (χ2v) is 8.39. The van der Waals surface area contributed by atoms with Crippen LogP contribution in [0.25, 0.3) is 5.65 Å². The molecule has 0 bridgehead atoms. The fourth-order valence-corrected chi connectivity index (χ4v) is 4.94. The predicted octanol–water partition coefficient (Wildman–Crippen LogP) is 1.86. The third-order valence-electron chi connectivity index (χ3n) is 6.45. The van der Waals surface area contributed by atoms with Crippen molar-refractivity contribution in [3.05, 3.63) is 56.7 Å². The highest BCUT2D eigenvalue weighted by atomic mass is 16.2. The zero-order valence-electron chi connectivity index (χ0n) is 16.9. The minimum atomic E-state index is -0.0840. The lowest BCUT2D eigenvalue weighted by Gasteiger charge is -2.39. The number of nitrogens with zero attached hydrogens (tertiary/aromatic N) is 5. The number of hydrogen-bond acceptors (Lipinski definition) is 5. The molecule has 1 amide bonds. The van der Waals surface area contributed by atoms with E-state index in [2.05, 4.69) is 20.1 Å². The molecule has 0 unspecified atom stereocenters. The van der Waals surface area contributed by atoms with Crippen molar-refractivity contribution < 1.29 is 4.79 Å². The Morgan fingerprint density at radius 1 is 1.10 bits per heavy atom. The van der Waals surface area contributed by atoms with E-state index in [0.29, 0.717) is 30.3 Å². The summed E-state index contributed by atoms with van der Waals surface area (Å²) in [5.74, 6) is 0.604. The van der Waals surface area contributed by atoms with Crippen LogP contribution in [0.15, 0.2) is 16.9 Å². The Balaban J connectivity index is 1.39. The van der Waals surface area contributed by atoms with Crippen molar-refractivity contribution in [3.8, 4) is 0 Å². The minimum Gasteiger partial charge on any atom is -0.337 e. The molecule has 1 saturated heterocycles. The van der Waals surface area contributed by atoms with Gasteiger partial charge >= 0.3 is 0 Å². The number of aromatic nitrogens is 5. The first-order valence-electron chi connectivity index (χ1n) is 10.1. The number of likely N-dealkylation sites (tertiary alicyclic amines) is 1. The molecule has 1 aliphatic heterocycles. The SMILES string of the molecule is Cc1cc(C)n2nc(C(=O)N3CCC4(CCc5c4nc(C)[nH]c5=O)CC3)cc2n1. The number of amides is 1. The smallest absolute Gasteiger partial charge is 0.274 e. The highest BCUT2D eigenvalue weighted by Gasteiger charge is 2.44. The van der Waals surface area contributed by atoms with Gasteiger partial charge in [-0.05, 0) is 52.5 Å². The van der Waals surface area contributed by atoms with Crippen molar-refractivity contribution in [1.82, 2.24) is 29.5 Å². The molecule has 0 aromatic carbocycles. The van der Waals surface area contributed by atoms with Crippen LogP contribution in [0.5, 0.6) is 0 Å². The molecule has 2 aliphatic rings. The maximum absolute atomic E-state index is 13.1. The van der Waals surface area contributed by atoms with Crippen LogP contribution in [0.2, 0.25) is 0 Å². The van der Waals surface area contributed by atoms with E-state index >= 15 is 0 Å². The largest absolute Gasteiger partial charge is 0.337 e. The molecular weight excluding hydrogens is 368 g/mol. The van der Waals surface area contributed by atoms with Crippen LogP contribution in [0.3, 0.4) is 0 Å². The van der Waals surface area contributed by atoms with Gasteiger partial charge in [-0.25, -0.2) is 14.5 Å². The number of aromatic amines is 1. The van der Waals surface area contributed by atoms with E-state index in [1.54, 1.807) is 10.6 Å². The Kier molecular flexibility index (Phi) is 3.88. The summed E-state index contributed by atoms with van der Waals surface area (Å²) in [6.07, 6.45) is 3.35. The van der Waals surface area contributed by atoms with Crippen molar-refractivity contribution in [2.24, 2.45) is 0 Å². The van der Waals surface area contributed by atoms with Gasteiger partial charge in [0.05, 0.1) is 5.69 Å². The molecule has 150 valence electrons. The molecule has 8 nitrogen and oxygen atoms in total. The summed E-state index contributed by atoms with van der Waals surface area (Å²) in [6.45, 7) is 7.01. The lowest BCUT2D eigenvalue weighted by molar-refractivity contribution is 0.0657. The second kappa shape index (κ2) is 6.23. The standard InChI is InChI=1S/C21H24N6O2/c1-12-10-13(2)27-17(22-12)11-16(25-27)20(29)26-8-6-21(7-9-26)5-4-15-18(21)23-14(3)24-19(15)28/h10-11H,4-9H2,1-3H3,(H,23,24,28). The van der Waals surface area contributed by atoms with E-state index in [1.807, 2.05) is 31.7 Å². The van der Waals surface area contributed by atoms with E-state index in [1.165, 1.54) is 0 Å². The van der Waals surface area contributed by atoms with Gasteiger partial charge < -0.3 is 9.88 Å². The number of fused-ring (bicyclic) bond motifs is 3. The number of carbonyl (C=O) groups is 1. The van der Waals surface area contributed by atoms with Crippen LogP contribution in [0.1, 0.15) is 58.2 Å². The summed E-state index contributed by atoms with van der Waals surface area (Å²) in [7, 11) is 0. The van der Waals surface area contributed by atoms with Gasteiger partial charge in [0.25, 0.3) is 11.5 Å². The summed E-state index contributed by atoms with van der Waals surface area (Å²) in [5.41, 5.74) is 4.68. The molecule has 1 N–H and O–H groups in total. The van der Waals surface area contributed by atoms with Crippen LogP contribution in [-0.4, -0.2) is 48.5 Å². The number of carbonyl (C=O) groups excluding carboxylic acids is 1. The van der Waals surface area contributed by atoms with Gasteiger partial charge in [0.15, 0.2) is 11.3 Å². The molecule has 5 rings (SSSR count).